The fraction of sp³-hybridized carbons (Fsp3) is 0.500. The number of carbonyl (C=O) groups is 1. The second-order valence-electron chi connectivity index (χ2n) is 5.69. The molecule has 3 rings (SSSR count). The largest absolute Gasteiger partial charge is 0.467 e. The molecule has 2 aromatic heterocycles. The van der Waals surface area contributed by atoms with E-state index in [4.69, 9.17) is 9.15 Å². The Hall–Kier alpha value is -2.12. The van der Waals surface area contributed by atoms with Crippen LogP contribution in [-0.2, 0) is 22.6 Å². The molecule has 3 heterocycles. The number of nitrogens with zero attached hydrogens (tertiary/aromatic N) is 3. The van der Waals surface area contributed by atoms with Gasteiger partial charge in [0.15, 0.2) is 0 Å². The summed E-state index contributed by atoms with van der Waals surface area (Å²) in [6, 6.07) is 5.35. The van der Waals surface area contributed by atoms with Crippen molar-refractivity contribution in [1.29, 1.82) is 0 Å². The fourth-order valence-corrected chi connectivity index (χ4v) is 2.72. The van der Waals surface area contributed by atoms with Crippen LogP contribution in [0.3, 0.4) is 0 Å². The molecular weight excluding hydrogens is 296 g/mol. The number of aromatic nitrogens is 2. The van der Waals surface area contributed by atoms with Crippen molar-refractivity contribution < 1.29 is 13.9 Å². The van der Waals surface area contributed by atoms with Crippen molar-refractivity contribution in [1.82, 2.24) is 20.0 Å². The van der Waals surface area contributed by atoms with Crippen LogP contribution in [-0.4, -0.2) is 52.4 Å². The number of ether oxygens (including phenoxy) is 1. The van der Waals surface area contributed by atoms with Crippen LogP contribution in [0.25, 0.3) is 0 Å². The standard InChI is InChI=1S/C16H22N4O3/c1-13(16(21)17-10-14-4-2-8-22-14)19-7-9-23-15(11-19)12-20-6-3-5-18-20/h2-6,8,13,15H,7,9-12H2,1H3,(H,17,21)/t13-,15-/m1/s1. The number of hydrogen-bond donors (Lipinski definition) is 1. The molecule has 0 aromatic carbocycles. The lowest BCUT2D eigenvalue weighted by Gasteiger charge is -2.36. The highest BCUT2D eigenvalue weighted by Gasteiger charge is 2.28. The van der Waals surface area contributed by atoms with Crippen LogP contribution in [0.4, 0.5) is 0 Å². The second-order valence-corrected chi connectivity index (χ2v) is 5.69. The Morgan fingerprint density at radius 3 is 3.17 bits per heavy atom. The summed E-state index contributed by atoms with van der Waals surface area (Å²) >= 11 is 0. The van der Waals surface area contributed by atoms with Gasteiger partial charge in [0.1, 0.15) is 5.76 Å². The van der Waals surface area contributed by atoms with E-state index in [0.717, 1.165) is 18.8 Å². The molecule has 1 aliphatic rings. The van der Waals surface area contributed by atoms with Gasteiger partial charge in [-0.25, -0.2) is 0 Å². The van der Waals surface area contributed by atoms with Gasteiger partial charge in [-0.3, -0.25) is 14.4 Å². The zero-order valence-corrected chi connectivity index (χ0v) is 13.2. The van der Waals surface area contributed by atoms with Crippen LogP contribution in [0.1, 0.15) is 12.7 Å². The van der Waals surface area contributed by atoms with E-state index in [2.05, 4.69) is 15.3 Å². The first-order valence-electron chi connectivity index (χ1n) is 7.85. The fourth-order valence-electron chi connectivity index (χ4n) is 2.72. The molecule has 0 unspecified atom stereocenters. The summed E-state index contributed by atoms with van der Waals surface area (Å²) in [5, 5.41) is 7.11. The number of rotatable bonds is 6. The molecule has 1 aliphatic heterocycles. The Balaban J connectivity index is 1.49. The molecule has 0 saturated carbocycles. The lowest BCUT2D eigenvalue weighted by Crippen LogP contribution is -2.52. The van der Waals surface area contributed by atoms with Crippen LogP contribution < -0.4 is 5.32 Å². The van der Waals surface area contributed by atoms with Crippen molar-refractivity contribution >= 4 is 5.91 Å². The molecule has 124 valence electrons. The lowest BCUT2D eigenvalue weighted by atomic mass is 10.2. The third kappa shape index (κ3) is 4.20. The third-order valence-electron chi connectivity index (χ3n) is 4.06. The highest BCUT2D eigenvalue weighted by molar-refractivity contribution is 5.81. The Morgan fingerprint density at radius 1 is 1.52 bits per heavy atom. The van der Waals surface area contributed by atoms with E-state index in [-0.39, 0.29) is 18.1 Å². The molecule has 23 heavy (non-hydrogen) atoms. The molecule has 2 atom stereocenters. The van der Waals surface area contributed by atoms with Gasteiger partial charge in [-0.1, -0.05) is 0 Å². The number of furan rings is 1. The molecule has 1 fully saturated rings. The minimum atomic E-state index is -0.200. The van der Waals surface area contributed by atoms with Crippen LogP contribution in [0.2, 0.25) is 0 Å². The Morgan fingerprint density at radius 2 is 2.43 bits per heavy atom. The smallest absolute Gasteiger partial charge is 0.237 e. The first-order valence-corrected chi connectivity index (χ1v) is 7.85. The summed E-state index contributed by atoms with van der Waals surface area (Å²) in [5.41, 5.74) is 0. The molecule has 1 amide bonds. The van der Waals surface area contributed by atoms with Crippen molar-refractivity contribution in [3.8, 4) is 0 Å². The molecule has 2 aromatic rings. The van der Waals surface area contributed by atoms with E-state index in [1.807, 2.05) is 36.0 Å². The van der Waals surface area contributed by atoms with Crippen LogP contribution >= 0.6 is 0 Å². The maximum Gasteiger partial charge on any atom is 0.237 e. The highest BCUT2D eigenvalue weighted by atomic mass is 16.5. The van der Waals surface area contributed by atoms with Gasteiger partial charge >= 0.3 is 0 Å². The number of hydrogen-bond acceptors (Lipinski definition) is 5. The maximum atomic E-state index is 12.3. The number of morpholine rings is 1. The molecule has 1 saturated heterocycles. The monoisotopic (exact) mass is 318 g/mol. The first-order chi connectivity index (χ1) is 11.2. The van der Waals surface area contributed by atoms with Gasteiger partial charge in [-0.2, -0.15) is 5.10 Å². The molecule has 0 bridgehead atoms. The molecule has 0 aliphatic carbocycles. The number of amides is 1. The zero-order valence-electron chi connectivity index (χ0n) is 13.2. The van der Waals surface area contributed by atoms with Crippen molar-refractivity contribution in [2.24, 2.45) is 0 Å². The average Bonchev–Trinajstić information content (AvgIpc) is 3.25. The van der Waals surface area contributed by atoms with E-state index in [1.165, 1.54) is 0 Å². The average molecular weight is 318 g/mol. The molecule has 0 radical (unpaired) electrons. The van der Waals surface area contributed by atoms with Gasteiger partial charge in [0.25, 0.3) is 0 Å². The summed E-state index contributed by atoms with van der Waals surface area (Å²) in [4.78, 5) is 14.5. The summed E-state index contributed by atoms with van der Waals surface area (Å²) in [6.45, 7) is 5.14. The van der Waals surface area contributed by atoms with Gasteiger partial charge in [-0.15, -0.1) is 0 Å². The van der Waals surface area contributed by atoms with Crippen molar-refractivity contribution in [3.63, 3.8) is 0 Å². The Bertz CT molecular complexity index is 597. The normalized spacial score (nSPS) is 20.3. The number of nitrogens with one attached hydrogen (secondary N) is 1. The van der Waals surface area contributed by atoms with Crippen molar-refractivity contribution in [2.75, 3.05) is 19.7 Å². The SMILES string of the molecule is C[C@H](C(=O)NCc1ccco1)N1CCO[C@@H](Cn2cccn2)C1. The van der Waals surface area contributed by atoms with Gasteiger partial charge in [0.2, 0.25) is 5.91 Å². The number of carbonyl (C=O) groups excluding carboxylic acids is 1. The molecule has 0 spiro atoms. The van der Waals surface area contributed by atoms with Crippen LogP contribution in [0.5, 0.6) is 0 Å². The summed E-state index contributed by atoms with van der Waals surface area (Å²) in [7, 11) is 0. The van der Waals surface area contributed by atoms with Crippen LogP contribution in [0, 0.1) is 0 Å². The lowest BCUT2D eigenvalue weighted by molar-refractivity contribution is -0.129. The molecule has 7 nitrogen and oxygen atoms in total. The van der Waals surface area contributed by atoms with E-state index in [0.29, 0.717) is 19.7 Å². The van der Waals surface area contributed by atoms with E-state index >= 15 is 0 Å². The zero-order chi connectivity index (χ0) is 16.1. The van der Waals surface area contributed by atoms with Gasteiger partial charge < -0.3 is 14.5 Å². The predicted molar refractivity (Wildman–Crippen MR) is 83.6 cm³/mol. The minimum absolute atomic E-state index is 0.00105. The summed E-state index contributed by atoms with van der Waals surface area (Å²) < 4.78 is 12.9. The predicted octanol–water partition coefficient (Wildman–Crippen LogP) is 0.882. The Labute approximate surface area is 135 Å². The van der Waals surface area contributed by atoms with E-state index in [9.17, 15) is 4.79 Å². The summed E-state index contributed by atoms with van der Waals surface area (Å²) in [6.07, 6.45) is 5.32. The molecule has 7 heteroatoms. The third-order valence-corrected chi connectivity index (χ3v) is 4.06. The first kappa shape index (κ1) is 15.8. The van der Waals surface area contributed by atoms with Gasteiger partial charge in [0.05, 0.1) is 38.1 Å². The van der Waals surface area contributed by atoms with Gasteiger partial charge in [0, 0.05) is 25.5 Å². The van der Waals surface area contributed by atoms with Crippen LogP contribution in [0.15, 0.2) is 41.3 Å². The van der Waals surface area contributed by atoms with Crippen molar-refractivity contribution in [2.45, 2.75) is 32.2 Å². The molecule has 1 N–H and O–H groups in total. The Kier molecular flexibility index (Phi) is 5.09. The van der Waals surface area contributed by atoms with E-state index in [1.54, 1.807) is 12.5 Å². The second kappa shape index (κ2) is 7.43. The quantitative estimate of drug-likeness (QED) is 0.856. The maximum absolute atomic E-state index is 12.3. The molecular formula is C16H22N4O3. The van der Waals surface area contributed by atoms with Gasteiger partial charge in [-0.05, 0) is 25.1 Å². The highest BCUT2D eigenvalue weighted by Crippen LogP contribution is 2.11. The summed E-state index contributed by atoms with van der Waals surface area (Å²) in [5.74, 6) is 0.755. The van der Waals surface area contributed by atoms with E-state index < -0.39 is 0 Å². The van der Waals surface area contributed by atoms with Crippen molar-refractivity contribution in [3.05, 3.63) is 42.6 Å². The topological polar surface area (TPSA) is 72.5 Å². The minimum Gasteiger partial charge on any atom is -0.467 e.